The van der Waals surface area contributed by atoms with Crippen molar-refractivity contribution in [3.63, 3.8) is 0 Å². The number of hydrogen-bond donors (Lipinski definition) is 0. The summed E-state index contributed by atoms with van der Waals surface area (Å²) in [4.78, 5) is 19.6. The SMILES string of the molecule is C=C.O=Cc1cc([N+](=O)[O-])ccc1F. The first kappa shape index (κ1) is 12.0. The first-order valence-corrected chi connectivity index (χ1v) is 3.54. The van der Waals surface area contributed by atoms with Gasteiger partial charge >= 0.3 is 0 Å². The quantitative estimate of drug-likeness (QED) is 0.316. The van der Waals surface area contributed by atoms with Gasteiger partial charge in [-0.05, 0) is 6.07 Å². The fourth-order valence-corrected chi connectivity index (χ4v) is 0.735. The highest BCUT2D eigenvalue weighted by molar-refractivity contribution is 5.76. The third-order valence-corrected chi connectivity index (χ3v) is 1.32. The maximum absolute atomic E-state index is 12.6. The minimum atomic E-state index is -0.754. The highest BCUT2D eigenvalue weighted by atomic mass is 19.1. The molecule has 0 atom stereocenters. The zero-order chi connectivity index (χ0) is 11.1. The molecule has 0 spiro atoms. The molecule has 0 saturated carbocycles. The molecule has 0 unspecified atom stereocenters. The Bertz CT molecular complexity index is 352. The lowest BCUT2D eigenvalue weighted by molar-refractivity contribution is -0.384. The van der Waals surface area contributed by atoms with Crippen molar-refractivity contribution in [3.8, 4) is 0 Å². The summed E-state index contributed by atoms with van der Waals surface area (Å²) in [5.41, 5.74) is -0.595. The van der Waals surface area contributed by atoms with Crippen LogP contribution in [0.3, 0.4) is 0 Å². The van der Waals surface area contributed by atoms with Gasteiger partial charge in [0, 0.05) is 12.1 Å². The summed E-state index contributed by atoms with van der Waals surface area (Å²) < 4.78 is 12.6. The van der Waals surface area contributed by atoms with Crippen LogP contribution >= 0.6 is 0 Å². The van der Waals surface area contributed by atoms with Crippen LogP contribution in [0.5, 0.6) is 0 Å². The molecule has 0 amide bonds. The molecule has 0 fully saturated rings. The number of nitro groups is 1. The van der Waals surface area contributed by atoms with E-state index in [1.165, 1.54) is 0 Å². The molecule has 0 aliphatic heterocycles. The summed E-state index contributed by atoms with van der Waals surface area (Å²) >= 11 is 0. The molecule has 0 aliphatic carbocycles. The molecule has 0 radical (unpaired) electrons. The van der Waals surface area contributed by atoms with E-state index >= 15 is 0 Å². The molecule has 0 N–H and O–H groups in total. The Morgan fingerprint density at radius 3 is 2.43 bits per heavy atom. The zero-order valence-corrected chi connectivity index (χ0v) is 7.27. The van der Waals surface area contributed by atoms with Gasteiger partial charge in [0.2, 0.25) is 0 Å². The Morgan fingerprint density at radius 1 is 1.43 bits per heavy atom. The van der Waals surface area contributed by atoms with E-state index in [9.17, 15) is 19.3 Å². The predicted octanol–water partition coefficient (Wildman–Crippen LogP) is 2.35. The molecule has 1 rings (SSSR count). The number of rotatable bonds is 2. The van der Waals surface area contributed by atoms with Crippen molar-refractivity contribution in [2.24, 2.45) is 0 Å². The number of nitro benzene ring substituents is 1. The van der Waals surface area contributed by atoms with Crippen LogP contribution in [0.1, 0.15) is 10.4 Å². The summed E-state index contributed by atoms with van der Waals surface area (Å²) in [6.45, 7) is 6.00. The molecule has 5 heteroatoms. The Labute approximate surface area is 79.8 Å². The lowest BCUT2D eigenvalue weighted by Crippen LogP contribution is -1.92. The van der Waals surface area contributed by atoms with Gasteiger partial charge in [-0.25, -0.2) is 4.39 Å². The number of carbonyl (C=O) groups is 1. The van der Waals surface area contributed by atoms with E-state index in [4.69, 9.17) is 0 Å². The molecule has 1 aromatic carbocycles. The van der Waals surface area contributed by atoms with Crippen LogP contribution in [0.2, 0.25) is 0 Å². The second-order valence-electron chi connectivity index (χ2n) is 2.08. The number of non-ortho nitro benzene ring substituents is 1. The fourth-order valence-electron chi connectivity index (χ4n) is 0.735. The van der Waals surface area contributed by atoms with E-state index in [0.29, 0.717) is 0 Å². The van der Waals surface area contributed by atoms with E-state index < -0.39 is 10.7 Å². The molecular formula is C9H8FNO3. The molecule has 0 aliphatic rings. The number of carbonyl (C=O) groups excluding carboxylic acids is 1. The van der Waals surface area contributed by atoms with Crippen LogP contribution in [-0.2, 0) is 0 Å². The van der Waals surface area contributed by atoms with E-state index in [2.05, 4.69) is 13.2 Å². The summed E-state index contributed by atoms with van der Waals surface area (Å²) in [6, 6.07) is 2.78. The molecular weight excluding hydrogens is 189 g/mol. The van der Waals surface area contributed by atoms with Crippen molar-refractivity contribution in [3.05, 3.63) is 52.9 Å². The summed E-state index contributed by atoms with van der Waals surface area (Å²) in [7, 11) is 0. The van der Waals surface area contributed by atoms with Crippen molar-refractivity contribution >= 4 is 12.0 Å². The minimum absolute atomic E-state index is 0.238. The molecule has 4 nitrogen and oxygen atoms in total. The van der Waals surface area contributed by atoms with E-state index in [1.54, 1.807) is 0 Å². The van der Waals surface area contributed by atoms with Gasteiger partial charge in [-0.2, -0.15) is 0 Å². The topological polar surface area (TPSA) is 60.2 Å². The molecule has 0 heterocycles. The first-order chi connectivity index (χ1) is 6.65. The molecule has 0 saturated heterocycles. The maximum Gasteiger partial charge on any atom is 0.270 e. The predicted molar refractivity (Wildman–Crippen MR) is 49.7 cm³/mol. The van der Waals surface area contributed by atoms with Crippen LogP contribution in [0.25, 0.3) is 0 Å². The number of benzene rings is 1. The maximum atomic E-state index is 12.6. The van der Waals surface area contributed by atoms with E-state index in [1.807, 2.05) is 0 Å². The van der Waals surface area contributed by atoms with Crippen LogP contribution in [0, 0.1) is 15.9 Å². The molecule has 0 aromatic heterocycles. The molecule has 1 aromatic rings. The number of aldehydes is 1. The summed E-state index contributed by atoms with van der Waals surface area (Å²) in [5.74, 6) is -0.754. The van der Waals surface area contributed by atoms with Crippen molar-refractivity contribution < 1.29 is 14.1 Å². The third-order valence-electron chi connectivity index (χ3n) is 1.32. The van der Waals surface area contributed by atoms with Crippen molar-refractivity contribution in [2.45, 2.75) is 0 Å². The minimum Gasteiger partial charge on any atom is -0.298 e. The normalized spacial score (nSPS) is 8.36. The second kappa shape index (κ2) is 5.58. The standard InChI is InChI=1S/C7H4FNO3.C2H4/c8-7-2-1-6(9(11)12)3-5(7)4-10;1-2/h1-4H;1-2H2. The van der Waals surface area contributed by atoms with E-state index in [0.717, 1.165) is 18.2 Å². The first-order valence-electron chi connectivity index (χ1n) is 3.54. The van der Waals surface area contributed by atoms with Gasteiger partial charge in [0.05, 0.1) is 10.5 Å². The number of halogens is 1. The van der Waals surface area contributed by atoms with Gasteiger partial charge in [-0.3, -0.25) is 14.9 Å². The third kappa shape index (κ3) is 2.78. The number of hydrogen-bond acceptors (Lipinski definition) is 3. The van der Waals surface area contributed by atoms with Gasteiger partial charge in [0.1, 0.15) is 5.82 Å². The van der Waals surface area contributed by atoms with Crippen molar-refractivity contribution in [2.75, 3.05) is 0 Å². The Kier molecular flexibility index (Phi) is 4.77. The van der Waals surface area contributed by atoms with Gasteiger partial charge in [-0.15, -0.1) is 13.2 Å². The second-order valence-corrected chi connectivity index (χ2v) is 2.08. The average molecular weight is 197 g/mol. The smallest absolute Gasteiger partial charge is 0.270 e. The number of nitrogens with zero attached hydrogens (tertiary/aromatic N) is 1. The van der Waals surface area contributed by atoms with Crippen LogP contribution < -0.4 is 0 Å². The zero-order valence-electron chi connectivity index (χ0n) is 7.27. The molecule has 0 bridgehead atoms. The monoisotopic (exact) mass is 197 g/mol. The van der Waals surface area contributed by atoms with Crippen LogP contribution in [-0.4, -0.2) is 11.2 Å². The summed E-state index contributed by atoms with van der Waals surface area (Å²) in [6.07, 6.45) is 0.238. The van der Waals surface area contributed by atoms with Crippen LogP contribution in [0.4, 0.5) is 10.1 Å². The van der Waals surface area contributed by atoms with Gasteiger partial charge in [-0.1, -0.05) is 0 Å². The lowest BCUT2D eigenvalue weighted by atomic mass is 10.2. The summed E-state index contributed by atoms with van der Waals surface area (Å²) in [5, 5.41) is 10.1. The fraction of sp³-hybridized carbons (Fsp3) is 0. The Morgan fingerprint density at radius 2 is 2.00 bits per heavy atom. The van der Waals surface area contributed by atoms with Crippen LogP contribution in [0.15, 0.2) is 31.4 Å². The van der Waals surface area contributed by atoms with Gasteiger partial charge < -0.3 is 0 Å². The van der Waals surface area contributed by atoms with E-state index in [-0.39, 0.29) is 17.5 Å². The Balaban J connectivity index is 0.000000791. The molecule has 14 heavy (non-hydrogen) atoms. The highest BCUT2D eigenvalue weighted by Gasteiger charge is 2.09. The lowest BCUT2D eigenvalue weighted by Gasteiger charge is -1.93. The molecule has 74 valence electrons. The van der Waals surface area contributed by atoms with Gasteiger partial charge in [0.15, 0.2) is 6.29 Å². The Hall–Kier alpha value is -2.04. The largest absolute Gasteiger partial charge is 0.298 e. The van der Waals surface area contributed by atoms with Crippen molar-refractivity contribution in [1.29, 1.82) is 0 Å². The van der Waals surface area contributed by atoms with Crippen molar-refractivity contribution in [1.82, 2.24) is 0 Å². The van der Waals surface area contributed by atoms with Gasteiger partial charge in [0.25, 0.3) is 5.69 Å². The highest BCUT2D eigenvalue weighted by Crippen LogP contribution is 2.14. The average Bonchev–Trinajstić information content (AvgIpc) is 2.21.